The fourth-order valence-electron chi connectivity index (χ4n) is 3.68. The van der Waals surface area contributed by atoms with E-state index in [-0.39, 0.29) is 12.7 Å². The number of aryl methyl sites for hydroxylation is 2. The first-order valence-corrected chi connectivity index (χ1v) is 10.1. The molecule has 1 aliphatic rings. The van der Waals surface area contributed by atoms with Crippen LogP contribution >= 0.6 is 0 Å². The van der Waals surface area contributed by atoms with E-state index in [2.05, 4.69) is 10.4 Å². The Morgan fingerprint density at radius 3 is 2.55 bits per heavy atom. The van der Waals surface area contributed by atoms with Crippen LogP contribution in [0.15, 0.2) is 67.0 Å². The normalized spacial score (nSPS) is 12.2. The molecule has 3 heterocycles. The number of hydrogen-bond donors (Lipinski definition) is 1. The Bertz CT molecular complexity index is 1240. The number of nitrogens with zero attached hydrogens (tertiary/aromatic N) is 3. The monoisotopic (exact) mass is 414 g/mol. The molecule has 0 aliphatic carbocycles. The molecule has 4 aromatic rings. The molecule has 0 saturated heterocycles. The highest BCUT2D eigenvalue weighted by Gasteiger charge is 2.24. The second-order valence-electron chi connectivity index (χ2n) is 7.49. The minimum absolute atomic E-state index is 0.183. The zero-order chi connectivity index (χ0) is 21.4. The number of ether oxygens (including phenoxy) is 2. The fourth-order valence-corrected chi connectivity index (χ4v) is 3.68. The maximum absolute atomic E-state index is 13.3. The number of amides is 1. The maximum Gasteiger partial charge on any atom is 0.257 e. The van der Waals surface area contributed by atoms with Crippen molar-refractivity contribution in [3.63, 3.8) is 0 Å². The third-order valence-electron chi connectivity index (χ3n) is 5.28. The van der Waals surface area contributed by atoms with Crippen LogP contribution in [0.5, 0.6) is 11.5 Å². The lowest BCUT2D eigenvalue weighted by molar-refractivity contribution is 0.0950. The first-order chi connectivity index (χ1) is 15.1. The van der Waals surface area contributed by atoms with E-state index in [0.717, 1.165) is 22.6 Å². The van der Waals surface area contributed by atoms with Gasteiger partial charge in [0.2, 0.25) is 6.79 Å². The van der Waals surface area contributed by atoms with Crippen molar-refractivity contribution >= 4 is 5.91 Å². The number of nitrogens with one attached hydrogen (secondary N) is 1. The molecule has 156 valence electrons. The molecule has 0 atom stereocenters. The molecule has 2 aromatic carbocycles. The maximum atomic E-state index is 13.3. The van der Waals surface area contributed by atoms with Crippen molar-refractivity contribution < 1.29 is 14.3 Å². The zero-order valence-corrected chi connectivity index (χ0v) is 17.3. The van der Waals surface area contributed by atoms with Crippen LogP contribution in [0.3, 0.4) is 0 Å². The van der Waals surface area contributed by atoms with E-state index < -0.39 is 0 Å². The number of carbonyl (C=O) groups is 1. The van der Waals surface area contributed by atoms with Gasteiger partial charge in [0.25, 0.3) is 5.91 Å². The second-order valence-corrected chi connectivity index (χ2v) is 7.49. The first kappa shape index (κ1) is 19.0. The second kappa shape index (κ2) is 7.68. The van der Waals surface area contributed by atoms with Gasteiger partial charge in [-0.3, -0.25) is 4.79 Å². The lowest BCUT2D eigenvalue weighted by Crippen LogP contribution is -2.24. The molecule has 1 amide bonds. The Hall–Kier alpha value is -4.00. The van der Waals surface area contributed by atoms with Gasteiger partial charge in [-0.15, -0.1) is 0 Å². The predicted molar refractivity (Wildman–Crippen MR) is 116 cm³/mol. The van der Waals surface area contributed by atoms with Crippen LogP contribution in [-0.4, -0.2) is 27.0 Å². The van der Waals surface area contributed by atoms with Gasteiger partial charge >= 0.3 is 0 Å². The molecular formula is C24H22N4O3. The van der Waals surface area contributed by atoms with E-state index in [9.17, 15) is 4.79 Å². The molecule has 1 N–H and O–H groups in total. The molecule has 0 unspecified atom stereocenters. The topological polar surface area (TPSA) is 70.3 Å². The summed E-state index contributed by atoms with van der Waals surface area (Å²) in [6.45, 7) is 4.49. The molecule has 7 nitrogen and oxygen atoms in total. The number of fused-ring (bicyclic) bond motifs is 1. The Morgan fingerprint density at radius 1 is 1.03 bits per heavy atom. The molecule has 0 bridgehead atoms. The minimum atomic E-state index is -0.183. The molecule has 0 fully saturated rings. The smallest absolute Gasteiger partial charge is 0.257 e. The van der Waals surface area contributed by atoms with Crippen molar-refractivity contribution in [2.45, 2.75) is 20.4 Å². The summed E-state index contributed by atoms with van der Waals surface area (Å²) in [4.78, 5) is 13.3. The van der Waals surface area contributed by atoms with Gasteiger partial charge in [0.1, 0.15) is 5.56 Å². The van der Waals surface area contributed by atoms with Gasteiger partial charge in [0.05, 0.1) is 11.4 Å². The summed E-state index contributed by atoms with van der Waals surface area (Å²) < 4.78 is 14.5. The van der Waals surface area contributed by atoms with Crippen LogP contribution in [0.25, 0.3) is 11.5 Å². The van der Waals surface area contributed by atoms with Crippen molar-refractivity contribution in [1.82, 2.24) is 19.7 Å². The number of carbonyl (C=O) groups excluding carboxylic acids is 1. The Morgan fingerprint density at radius 2 is 1.77 bits per heavy atom. The number of benzene rings is 2. The lowest BCUT2D eigenvalue weighted by Gasteiger charge is -2.12. The SMILES string of the molecule is Cc1ccc(-n2nc(C)c(C(=O)NCc3ccc4c(c3)OCO4)c2-n2cccc2)cc1. The van der Waals surface area contributed by atoms with Gasteiger partial charge < -0.3 is 19.4 Å². The van der Waals surface area contributed by atoms with Gasteiger partial charge in [-0.2, -0.15) is 5.10 Å². The molecule has 7 heteroatoms. The third kappa shape index (κ3) is 3.54. The van der Waals surface area contributed by atoms with Crippen molar-refractivity contribution in [3.8, 4) is 23.0 Å². The summed E-state index contributed by atoms with van der Waals surface area (Å²) in [5.41, 5.74) is 4.19. The molecule has 31 heavy (non-hydrogen) atoms. The van der Waals surface area contributed by atoms with Gasteiger partial charge in [0, 0.05) is 18.9 Å². The standard InChI is InChI=1S/C24H22N4O3/c1-16-5-8-19(9-6-16)28-24(27-11-3-4-12-27)22(17(2)26-28)23(29)25-14-18-7-10-20-21(13-18)31-15-30-20/h3-13H,14-15H2,1-2H3,(H,25,29). The summed E-state index contributed by atoms with van der Waals surface area (Å²) in [6, 6.07) is 17.6. The molecular weight excluding hydrogens is 392 g/mol. The van der Waals surface area contributed by atoms with E-state index >= 15 is 0 Å². The summed E-state index contributed by atoms with van der Waals surface area (Å²) in [7, 11) is 0. The number of hydrogen-bond acceptors (Lipinski definition) is 4. The van der Waals surface area contributed by atoms with Crippen LogP contribution < -0.4 is 14.8 Å². The summed E-state index contributed by atoms with van der Waals surface area (Å²) in [6.07, 6.45) is 3.82. The predicted octanol–water partition coefficient (Wildman–Crippen LogP) is 3.94. The number of aromatic nitrogens is 3. The molecule has 0 radical (unpaired) electrons. The van der Waals surface area contributed by atoms with Crippen molar-refractivity contribution in [2.75, 3.05) is 6.79 Å². The lowest BCUT2D eigenvalue weighted by atomic mass is 10.1. The molecule has 0 spiro atoms. The van der Waals surface area contributed by atoms with Crippen LogP contribution in [-0.2, 0) is 6.54 Å². The van der Waals surface area contributed by atoms with E-state index in [0.29, 0.717) is 29.4 Å². The molecule has 2 aromatic heterocycles. The Balaban J connectivity index is 1.48. The van der Waals surface area contributed by atoms with Crippen molar-refractivity contribution in [3.05, 3.63) is 89.4 Å². The fraction of sp³-hybridized carbons (Fsp3) is 0.167. The van der Waals surface area contributed by atoms with Gasteiger partial charge in [0.15, 0.2) is 17.3 Å². The largest absolute Gasteiger partial charge is 0.454 e. The van der Waals surface area contributed by atoms with Crippen molar-refractivity contribution in [1.29, 1.82) is 0 Å². The van der Waals surface area contributed by atoms with Crippen LogP contribution in [0.1, 0.15) is 27.2 Å². The average molecular weight is 414 g/mol. The van der Waals surface area contributed by atoms with Gasteiger partial charge in [-0.25, -0.2) is 4.68 Å². The Kier molecular flexibility index (Phi) is 4.71. The highest BCUT2D eigenvalue weighted by atomic mass is 16.7. The number of rotatable bonds is 5. The first-order valence-electron chi connectivity index (χ1n) is 10.1. The summed E-state index contributed by atoms with van der Waals surface area (Å²) in [5.74, 6) is 1.94. The van der Waals surface area contributed by atoms with E-state index in [1.165, 1.54) is 0 Å². The van der Waals surface area contributed by atoms with Crippen molar-refractivity contribution in [2.24, 2.45) is 0 Å². The Labute approximate surface area is 179 Å². The highest BCUT2D eigenvalue weighted by molar-refractivity contribution is 5.98. The molecule has 1 aliphatic heterocycles. The van der Waals surface area contributed by atoms with E-state index in [4.69, 9.17) is 9.47 Å². The van der Waals surface area contributed by atoms with Crippen LogP contribution in [0, 0.1) is 13.8 Å². The minimum Gasteiger partial charge on any atom is -0.454 e. The van der Waals surface area contributed by atoms with E-state index in [1.54, 1.807) is 0 Å². The summed E-state index contributed by atoms with van der Waals surface area (Å²) >= 11 is 0. The summed E-state index contributed by atoms with van der Waals surface area (Å²) in [5, 5.41) is 7.71. The third-order valence-corrected chi connectivity index (χ3v) is 5.28. The molecule has 5 rings (SSSR count). The highest BCUT2D eigenvalue weighted by Crippen LogP contribution is 2.32. The average Bonchev–Trinajstić information content (AvgIpc) is 3.51. The quantitative estimate of drug-likeness (QED) is 0.537. The van der Waals surface area contributed by atoms with Crippen LogP contribution in [0.2, 0.25) is 0 Å². The van der Waals surface area contributed by atoms with E-state index in [1.807, 2.05) is 90.1 Å². The zero-order valence-electron chi connectivity index (χ0n) is 17.3. The van der Waals surface area contributed by atoms with Gasteiger partial charge in [-0.1, -0.05) is 23.8 Å². The molecule has 0 saturated carbocycles. The van der Waals surface area contributed by atoms with Gasteiger partial charge in [-0.05, 0) is 55.8 Å². The van der Waals surface area contributed by atoms with Crippen LogP contribution in [0.4, 0.5) is 0 Å².